The SMILES string of the molecule is C=C(CC(C)=O)C(=O)OC[Si](CC(C)(C)C)(CC(C)(C)C)O[Si](C)(C)C. The summed E-state index contributed by atoms with van der Waals surface area (Å²) in [6, 6.07) is 1.85. The zero-order valence-corrected chi connectivity index (χ0v) is 20.7. The minimum Gasteiger partial charge on any atom is -0.463 e. The van der Waals surface area contributed by atoms with E-state index in [1.165, 1.54) is 6.92 Å². The molecule has 26 heavy (non-hydrogen) atoms. The predicted octanol–water partition coefficient (Wildman–Crippen LogP) is 5.49. The van der Waals surface area contributed by atoms with Gasteiger partial charge in [-0.1, -0.05) is 48.1 Å². The van der Waals surface area contributed by atoms with Gasteiger partial charge in [0.25, 0.3) is 0 Å². The Morgan fingerprint density at radius 3 is 1.65 bits per heavy atom. The van der Waals surface area contributed by atoms with Gasteiger partial charge in [-0.05, 0) is 49.5 Å². The van der Waals surface area contributed by atoms with Gasteiger partial charge in [0.15, 0.2) is 8.32 Å². The molecule has 0 spiro atoms. The number of ketones is 1. The van der Waals surface area contributed by atoms with Crippen molar-refractivity contribution in [2.45, 2.75) is 86.6 Å². The van der Waals surface area contributed by atoms with Crippen LogP contribution in [0.3, 0.4) is 0 Å². The Morgan fingerprint density at radius 1 is 0.923 bits per heavy atom. The van der Waals surface area contributed by atoms with Crippen molar-refractivity contribution in [2.75, 3.05) is 6.23 Å². The summed E-state index contributed by atoms with van der Waals surface area (Å²) >= 11 is 0. The van der Waals surface area contributed by atoms with Crippen molar-refractivity contribution in [1.82, 2.24) is 0 Å². The fourth-order valence-electron chi connectivity index (χ4n) is 3.52. The molecular formula is C20H40O4Si2. The number of rotatable bonds is 9. The molecule has 0 aromatic rings. The zero-order chi connectivity index (χ0) is 21.0. The van der Waals surface area contributed by atoms with Crippen LogP contribution in [0.25, 0.3) is 0 Å². The predicted molar refractivity (Wildman–Crippen MR) is 114 cm³/mol. The van der Waals surface area contributed by atoms with Crippen LogP contribution in [0.4, 0.5) is 0 Å². The molecule has 0 rings (SSSR count). The molecule has 0 bridgehead atoms. The van der Waals surface area contributed by atoms with E-state index in [1.807, 2.05) is 0 Å². The molecule has 0 aromatic heterocycles. The second-order valence-electron chi connectivity index (χ2n) is 10.9. The van der Waals surface area contributed by atoms with Crippen LogP contribution in [0.1, 0.15) is 54.9 Å². The molecule has 0 atom stereocenters. The summed E-state index contributed by atoms with van der Waals surface area (Å²) in [6.45, 7) is 25.0. The van der Waals surface area contributed by atoms with Gasteiger partial charge in [-0.15, -0.1) is 0 Å². The Bertz CT molecular complexity index is 479. The normalized spacial score (nSPS) is 13.5. The van der Waals surface area contributed by atoms with Crippen molar-refractivity contribution >= 4 is 28.4 Å². The maximum atomic E-state index is 12.3. The third-order valence-electron chi connectivity index (χ3n) is 3.45. The van der Waals surface area contributed by atoms with E-state index < -0.39 is 22.6 Å². The maximum Gasteiger partial charge on any atom is 0.333 e. The van der Waals surface area contributed by atoms with Crippen LogP contribution in [0.5, 0.6) is 0 Å². The fourth-order valence-corrected chi connectivity index (χ4v) is 14.1. The summed E-state index contributed by atoms with van der Waals surface area (Å²) in [4.78, 5) is 23.6. The van der Waals surface area contributed by atoms with Crippen molar-refractivity contribution in [3.63, 3.8) is 0 Å². The summed E-state index contributed by atoms with van der Waals surface area (Å²) in [5, 5.41) is 0. The van der Waals surface area contributed by atoms with Crippen molar-refractivity contribution in [3.05, 3.63) is 12.2 Å². The Kier molecular flexibility index (Phi) is 8.72. The highest BCUT2D eigenvalue weighted by Gasteiger charge is 2.46. The van der Waals surface area contributed by atoms with Crippen molar-refractivity contribution in [1.29, 1.82) is 0 Å². The number of hydrogen-bond acceptors (Lipinski definition) is 4. The molecular weight excluding hydrogens is 360 g/mol. The molecule has 0 saturated heterocycles. The standard InChI is InChI=1S/C20H40O4Si2/c1-16(12-17(2)21)18(22)23-15-26(13-19(3,4)5,14-20(6,7)8)24-25(9,10)11/h1,12-15H2,2-11H3. The number of Topliss-reactive ketones (excluding diaryl/α,β-unsaturated/α-hetero) is 1. The molecule has 0 fully saturated rings. The van der Waals surface area contributed by atoms with Gasteiger partial charge in [-0.3, -0.25) is 4.79 Å². The maximum absolute atomic E-state index is 12.3. The molecule has 0 aliphatic rings. The summed E-state index contributed by atoms with van der Waals surface area (Å²) in [6.07, 6.45) is 0.363. The van der Waals surface area contributed by atoms with Gasteiger partial charge < -0.3 is 8.85 Å². The Labute approximate surface area is 163 Å². The lowest BCUT2D eigenvalue weighted by Crippen LogP contribution is -2.55. The number of ether oxygens (including phenoxy) is 1. The molecule has 0 aromatic carbocycles. The molecule has 0 N–H and O–H groups in total. The molecule has 152 valence electrons. The first-order valence-corrected chi connectivity index (χ1v) is 15.3. The van der Waals surface area contributed by atoms with E-state index in [-0.39, 0.29) is 28.6 Å². The van der Waals surface area contributed by atoms with Gasteiger partial charge in [-0.25, -0.2) is 4.79 Å². The van der Waals surface area contributed by atoms with Gasteiger partial charge >= 0.3 is 5.97 Å². The zero-order valence-electron chi connectivity index (χ0n) is 18.7. The molecule has 0 radical (unpaired) electrons. The molecule has 0 unspecified atom stereocenters. The summed E-state index contributed by atoms with van der Waals surface area (Å²) in [5.41, 5.74) is 0.389. The van der Waals surface area contributed by atoms with Gasteiger partial charge in [0, 0.05) is 12.0 Å². The summed E-state index contributed by atoms with van der Waals surface area (Å²) < 4.78 is 12.5. The largest absolute Gasteiger partial charge is 0.463 e. The molecule has 4 nitrogen and oxygen atoms in total. The van der Waals surface area contributed by atoms with Gasteiger partial charge in [-0.2, -0.15) is 0 Å². The molecule has 0 saturated carbocycles. The van der Waals surface area contributed by atoms with E-state index in [0.717, 1.165) is 12.1 Å². The summed E-state index contributed by atoms with van der Waals surface area (Å²) in [7, 11) is -4.18. The van der Waals surface area contributed by atoms with Gasteiger partial charge in [0.1, 0.15) is 12.0 Å². The monoisotopic (exact) mass is 400 g/mol. The minimum atomic E-state index is -2.36. The van der Waals surface area contributed by atoms with E-state index in [9.17, 15) is 9.59 Å². The number of carbonyl (C=O) groups is 2. The second-order valence-corrected chi connectivity index (χ2v) is 19.3. The van der Waals surface area contributed by atoms with E-state index in [1.54, 1.807) is 0 Å². The Hall–Kier alpha value is -0.726. The highest BCUT2D eigenvalue weighted by molar-refractivity contribution is 6.85. The lowest BCUT2D eigenvalue weighted by atomic mass is 10.00. The van der Waals surface area contributed by atoms with Crippen molar-refractivity contribution in [2.24, 2.45) is 10.8 Å². The average molecular weight is 401 g/mol. The number of hydrogen-bond donors (Lipinski definition) is 0. The van der Waals surface area contributed by atoms with Gasteiger partial charge in [0.05, 0.1) is 0 Å². The van der Waals surface area contributed by atoms with E-state index >= 15 is 0 Å². The van der Waals surface area contributed by atoms with E-state index in [0.29, 0.717) is 6.23 Å². The number of carbonyl (C=O) groups excluding carboxylic acids is 2. The van der Waals surface area contributed by atoms with Crippen LogP contribution >= 0.6 is 0 Å². The number of esters is 1. The first-order valence-electron chi connectivity index (χ1n) is 9.39. The highest BCUT2D eigenvalue weighted by Crippen LogP contribution is 2.39. The fraction of sp³-hybridized carbons (Fsp3) is 0.800. The third kappa shape index (κ3) is 11.8. The highest BCUT2D eigenvalue weighted by atomic mass is 28.4. The smallest absolute Gasteiger partial charge is 0.333 e. The molecule has 0 heterocycles. The van der Waals surface area contributed by atoms with Crippen LogP contribution in [-0.2, 0) is 18.4 Å². The molecule has 6 heteroatoms. The van der Waals surface area contributed by atoms with E-state index in [2.05, 4.69) is 67.8 Å². The molecule has 0 aliphatic heterocycles. The minimum absolute atomic E-state index is 0.0425. The third-order valence-corrected chi connectivity index (χ3v) is 11.7. The second kappa shape index (κ2) is 8.98. The first kappa shape index (κ1) is 25.3. The Morgan fingerprint density at radius 2 is 1.35 bits per heavy atom. The molecule has 0 amide bonds. The summed E-state index contributed by atoms with van der Waals surface area (Å²) in [5.74, 6) is -0.558. The van der Waals surface area contributed by atoms with Crippen LogP contribution in [-0.4, -0.2) is 34.6 Å². The van der Waals surface area contributed by atoms with Crippen LogP contribution in [0, 0.1) is 10.8 Å². The Balaban J connectivity index is 5.60. The average Bonchev–Trinajstić information content (AvgIpc) is 2.28. The van der Waals surface area contributed by atoms with E-state index in [4.69, 9.17) is 8.85 Å². The van der Waals surface area contributed by atoms with Crippen LogP contribution in [0.15, 0.2) is 12.2 Å². The first-order chi connectivity index (χ1) is 11.3. The van der Waals surface area contributed by atoms with Gasteiger partial charge in [0.2, 0.25) is 8.32 Å². The van der Waals surface area contributed by atoms with Crippen molar-refractivity contribution in [3.8, 4) is 0 Å². The molecule has 0 aliphatic carbocycles. The van der Waals surface area contributed by atoms with Crippen LogP contribution in [0.2, 0.25) is 31.7 Å². The topological polar surface area (TPSA) is 52.6 Å². The lowest BCUT2D eigenvalue weighted by molar-refractivity contribution is -0.138. The van der Waals surface area contributed by atoms with Crippen LogP contribution < -0.4 is 0 Å². The lowest BCUT2D eigenvalue weighted by Gasteiger charge is -2.43. The van der Waals surface area contributed by atoms with Crippen molar-refractivity contribution < 1.29 is 18.4 Å². The quantitative estimate of drug-likeness (QED) is 0.291.